The van der Waals surface area contributed by atoms with Gasteiger partial charge in [0.1, 0.15) is 17.7 Å². The number of anilines is 2. The molecule has 1 N–H and O–H groups in total. The van der Waals surface area contributed by atoms with Gasteiger partial charge in [0.25, 0.3) is 5.92 Å². The second-order valence-electron chi connectivity index (χ2n) is 7.46. The maximum absolute atomic E-state index is 13.7. The largest absolute Gasteiger partial charge is 0.350 e. The molecule has 0 aliphatic carbocycles. The van der Waals surface area contributed by atoms with Crippen LogP contribution in [0, 0.1) is 17.1 Å². The van der Waals surface area contributed by atoms with Gasteiger partial charge >= 0.3 is 0 Å². The Morgan fingerprint density at radius 2 is 2.03 bits per heavy atom. The molecular formula is C21H18F3N7O. The van der Waals surface area contributed by atoms with Crippen molar-refractivity contribution in [2.24, 2.45) is 0 Å². The normalized spacial score (nSPS) is 14.9. The third-order valence-electron chi connectivity index (χ3n) is 4.95. The molecule has 164 valence electrons. The number of hydrogen-bond donors (Lipinski definition) is 1. The molecule has 1 amide bonds. The summed E-state index contributed by atoms with van der Waals surface area (Å²) in [6, 6.07) is 9.27. The highest BCUT2D eigenvalue weighted by Crippen LogP contribution is 2.29. The van der Waals surface area contributed by atoms with Gasteiger partial charge < -0.3 is 10.2 Å². The number of carbonyl (C=O) groups is 1. The number of nitrogens with zero attached hydrogens (tertiary/aromatic N) is 6. The van der Waals surface area contributed by atoms with Crippen molar-refractivity contribution < 1.29 is 18.0 Å². The van der Waals surface area contributed by atoms with Gasteiger partial charge in [-0.25, -0.2) is 18.2 Å². The van der Waals surface area contributed by atoms with Gasteiger partial charge in [-0.05, 0) is 29.3 Å². The van der Waals surface area contributed by atoms with E-state index in [9.17, 15) is 18.0 Å². The van der Waals surface area contributed by atoms with Gasteiger partial charge in [-0.1, -0.05) is 12.1 Å². The average Bonchev–Trinajstić information content (AvgIpc) is 3.34. The number of alkyl halides is 2. The van der Waals surface area contributed by atoms with Crippen molar-refractivity contribution in [1.29, 1.82) is 5.26 Å². The minimum Gasteiger partial charge on any atom is -0.350 e. The number of hydrogen-bond acceptors (Lipinski definition) is 6. The Kier molecular flexibility index (Phi) is 5.77. The lowest BCUT2D eigenvalue weighted by atomic mass is 10.1. The Bertz CT molecular complexity index is 1170. The van der Waals surface area contributed by atoms with Crippen molar-refractivity contribution in [2.75, 3.05) is 23.3 Å². The second-order valence-corrected chi connectivity index (χ2v) is 7.46. The van der Waals surface area contributed by atoms with E-state index in [0.717, 1.165) is 0 Å². The van der Waals surface area contributed by atoms with Gasteiger partial charge in [-0.2, -0.15) is 15.2 Å². The monoisotopic (exact) mass is 441 g/mol. The maximum Gasteiger partial charge on any atom is 0.266 e. The van der Waals surface area contributed by atoms with Crippen molar-refractivity contribution in [2.45, 2.75) is 25.3 Å². The third kappa shape index (κ3) is 5.03. The van der Waals surface area contributed by atoms with Crippen LogP contribution in [-0.2, 0) is 17.8 Å². The average molecular weight is 441 g/mol. The first-order valence-electron chi connectivity index (χ1n) is 9.77. The number of benzene rings is 1. The van der Waals surface area contributed by atoms with E-state index in [1.54, 1.807) is 24.3 Å². The summed E-state index contributed by atoms with van der Waals surface area (Å²) in [6.07, 6.45) is 2.69. The lowest BCUT2D eigenvalue weighted by Crippen LogP contribution is -2.25. The topological polar surface area (TPSA) is 99.7 Å². The van der Waals surface area contributed by atoms with Crippen LogP contribution in [0.2, 0.25) is 0 Å². The molecule has 2 aromatic heterocycles. The quantitative estimate of drug-likeness (QED) is 0.632. The van der Waals surface area contributed by atoms with Crippen molar-refractivity contribution in [3.8, 4) is 6.07 Å². The fraction of sp³-hybridized carbons (Fsp3) is 0.286. The van der Waals surface area contributed by atoms with E-state index in [1.807, 2.05) is 0 Å². The number of aromatic nitrogens is 4. The van der Waals surface area contributed by atoms with Gasteiger partial charge in [0.2, 0.25) is 5.91 Å². The Labute approximate surface area is 181 Å². The van der Waals surface area contributed by atoms with E-state index < -0.39 is 11.7 Å². The summed E-state index contributed by atoms with van der Waals surface area (Å²) < 4.78 is 40.4. The molecule has 3 aromatic rings. The van der Waals surface area contributed by atoms with Crippen LogP contribution in [0.3, 0.4) is 0 Å². The minimum absolute atomic E-state index is 0.0249. The highest BCUT2D eigenvalue weighted by atomic mass is 19.3. The molecule has 1 saturated heterocycles. The van der Waals surface area contributed by atoms with E-state index >= 15 is 0 Å². The third-order valence-corrected chi connectivity index (χ3v) is 4.95. The zero-order valence-corrected chi connectivity index (χ0v) is 16.8. The van der Waals surface area contributed by atoms with Crippen LogP contribution in [0.1, 0.15) is 23.1 Å². The van der Waals surface area contributed by atoms with Crippen LogP contribution >= 0.6 is 0 Å². The Morgan fingerprint density at radius 1 is 1.22 bits per heavy atom. The molecule has 0 bridgehead atoms. The lowest BCUT2D eigenvalue weighted by molar-refractivity contribution is -0.115. The van der Waals surface area contributed by atoms with Crippen molar-refractivity contribution >= 4 is 17.5 Å². The smallest absolute Gasteiger partial charge is 0.266 e. The van der Waals surface area contributed by atoms with Crippen LogP contribution in [-0.4, -0.2) is 44.9 Å². The number of carbonyl (C=O) groups excluding carboxylic acids is 1. The molecular weight excluding hydrogens is 423 g/mol. The predicted molar refractivity (Wildman–Crippen MR) is 109 cm³/mol. The summed E-state index contributed by atoms with van der Waals surface area (Å²) in [5, 5.41) is 19.6. The van der Waals surface area contributed by atoms with E-state index in [1.165, 1.54) is 34.2 Å². The summed E-state index contributed by atoms with van der Waals surface area (Å²) in [5.74, 6) is -2.99. The second kappa shape index (κ2) is 8.66. The molecule has 0 radical (unpaired) electrons. The van der Waals surface area contributed by atoms with Gasteiger partial charge in [0, 0.05) is 19.2 Å². The predicted octanol–water partition coefficient (Wildman–Crippen LogP) is 2.76. The van der Waals surface area contributed by atoms with Crippen LogP contribution < -0.4 is 10.2 Å². The highest BCUT2D eigenvalue weighted by Gasteiger charge is 2.38. The summed E-state index contributed by atoms with van der Waals surface area (Å²) in [7, 11) is 0. The molecule has 3 heterocycles. The summed E-state index contributed by atoms with van der Waals surface area (Å²) >= 11 is 0. The van der Waals surface area contributed by atoms with Gasteiger partial charge in [-0.3, -0.25) is 4.79 Å². The minimum atomic E-state index is -2.70. The molecule has 1 aromatic carbocycles. The van der Waals surface area contributed by atoms with Crippen molar-refractivity contribution in [1.82, 2.24) is 20.0 Å². The molecule has 0 unspecified atom stereocenters. The first-order valence-corrected chi connectivity index (χ1v) is 9.77. The Hall–Kier alpha value is -3.94. The number of pyridine rings is 1. The van der Waals surface area contributed by atoms with Crippen LogP contribution in [0.4, 0.5) is 24.8 Å². The lowest BCUT2D eigenvalue weighted by Gasteiger charge is -2.17. The highest BCUT2D eigenvalue weighted by molar-refractivity contribution is 5.91. The van der Waals surface area contributed by atoms with Crippen molar-refractivity contribution in [3.05, 3.63) is 65.2 Å². The standard InChI is InChI=1S/C21H18F3N7O/c22-17-7-15(1-3-16(17)9-25)12-31-27-11-18(29-31)28-20(32)8-14-2-4-19(26-10-14)30-6-5-21(23,24)13-30/h1-4,7,10-11H,5-6,8,12-13H2,(H,28,29,32). The van der Waals surface area contributed by atoms with Gasteiger partial charge in [0.05, 0.1) is 31.3 Å². The number of rotatable bonds is 6. The van der Waals surface area contributed by atoms with E-state index in [2.05, 4.69) is 20.5 Å². The first kappa shape index (κ1) is 21.3. The molecule has 4 rings (SSSR count). The number of halogens is 3. The summed E-state index contributed by atoms with van der Waals surface area (Å²) in [6.45, 7) is 0.0502. The SMILES string of the molecule is N#Cc1ccc(Cn2ncc(NC(=O)Cc3ccc(N4CCC(F)(F)C4)nc3)n2)cc1F. The molecule has 11 heteroatoms. The fourth-order valence-electron chi connectivity index (χ4n) is 3.35. The van der Waals surface area contributed by atoms with Crippen LogP contribution in [0.25, 0.3) is 0 Å². The molecule has 1 aliphatic heterocycles. The molecule has 1 aliphatic rings. The Morgan fingerprint density at radius 3 is 2.69 bits per heavy atom. The maximum atomic E-state index is 13.7. The van der Waals surface area contributed by atoms with Crippen molar-refractivity contribution in [3.63, 3.8) is 0 Å². The first-order chi connectivity index (χ1) is 15.3. The molecule has 0 saturated carbocycles. The molecule has 0 spiro atoms. The number of amides is 1. The van der Waals surface area contributed by atoms with E-state index in [4.69, 9.17) is 5.26 Å². The van der Waals surface area contributed by atoms with Gasteiger partial charge in [0.15, 0.2) is 5.82 Å². The van der Waals surface area contributed by atoms with Crippen LogP contribution in [0.5, 0.6) is 0 Å². The van der Waals surface area contributed by atoms with Crippen LogP contribution in [0.15, 0.2) is 42.7 Å². The molecule has 0 atom stereocenters. The summed E-state index contributed by atoms with van der Waals surface area (Å²) in [4.78, 5) is 19.3. The molecule has 1 fully saturated rings. The molecule has 32 heavy (non-hydrogen) atoms. The zero-order chi connectivity index (χ0) is 22.7. The molecule has 8 nitrogen and oxygen atoms in total. The zero-order valence-electron chi connectivity index (χ0n) is 16.8. The number of nitrogens with one attached hydrogen (secondary N) is 1. The van der Waals surface area contributed by atoms with Gasteiger partial charge in [-0.15, -0.1) is 5.10 Å². The van der Waals surface area contributed by atoms with E-state index in [-0.39, 0.29) is 49.8 Å². The fourth-order valence-corrected chi connectivity index (χ4v) is 3.35. The Balaban J connectivity index is 1.31. The number of nitriles is 1. The summed E-state index contributed by atoms with van der Waals surface area (Å²) in [5.41, 5.74) is 1.14. The van der Waals surface area contributed by atoms with E-state index in [0.29, 0.717) is 16.9 Å².